The highest BCUT2D eigenvalue weighted by Crippen LogP contribution is 2.31. The molecule has 0 saturated carbocycles. The molecule has 1 N–H and O–H groups in total. The second kappa shape index (κ2) is 8.09. The summed E-state index contributed by atoms with van der Waals surface area (Å²) in [4.78, 5) is 27.3. The number of thiophene rings is 2. The number of amides is 1. The Kier molecular flexibility index (Phi) is 5.63. The van der Waals surface area contributed by atoms with E-state index >= 15 is 0 Å². The largest absolute Gasteiger partial charge is 0.465 e. The minimum atomic E-state index is -0.411. The summed E-state index contributed by atoms with van der Waals surface area (Å²) in [5.74, 6) is -0.558. The standard InChI is InChI=1S/C19H17NO3S2/c1-23-19(22)14-6-4-13(5-7-14)18(21)20-11-10-15-8-9-17(25-15)16-3-2-12-24-16/h2-9,12H,10-11H2,1H3,(H,20,21). The molecule has 0 spiro atoms. The van der Waals surface area contributed by atoms with Crippen LogP contribution in [0.15, 0.2) is 53.9 Å². The third kappa shape index (κ3) is 4.35. The molecule has 2 heterocycles. The van der Waals surface area contributed by atoms with Crippen molar-refractivity contribution in [3.05, 3.63) is 69.9 Å². The second-order valence-corrected chi connectivity index (χ2v) is 7.43. The number of methoxy groups -OCH3 is 1. The van der Waals surface area contributed by atoms with E-state index in [1.54, 1.807) is 46.9 Å². The van der Waals surface area contributed by atoms with Crippen LogP contribution >= 0.6 is 22.7 Å². The number of nitrogens with one attached hydrogen (secondary N) is 1. The van der Waals surface area contributed by atoms with Gasteiger partial charge >= 0.3 is 5.97 Å². The van der Waals surface area contributed by atoms with Crippen LogP contribution in [-0.4, -0.2) is 25.5 Å². The van der Waals surface area contributed by atoms with Crippen LogP contribution in [0.5, 0.6) is 0 Å². The van der Waals surface area contributed by atoms with Crippen molar-refractivity contribution in [1.82, 2.24) is 5.32 Å². The normalized spacial score (nSPS) is 10.4. The van der Waals surface area contributed by atoms with Crippen LogP contribution < -0.4 is 5.32 Å². The van der Waals surface area contributed by atoms with Crippen LogP contribution in [0.3, 0.4) is 0 Å². The van der Waals surface area contributed by atoms with E-state index in [0.717, 1.165) is 6.42 Å². The van der Waals surface area contributed by atoms with E-state index in [2.05, 4.69) is 33.6 Å². The summed E-state index contributed by atoms with van der Waals surface area (Å²) in [6.45, 7) is 0.571. The van der Waals surface area contributed by atoms with Gasteiger partial charge in [0.25, 0.3) is 5.91 Å². The first-order valence-corrected chi connectivity index (χ1v) is 9.46. The summed E-state index contributed by atoms with van der Waals surface area (Å²) in [5, 5.41) is 4.98. The Labute approximate surface area is 154 Å². The maximum atomic E-state index is 12.2. The number of carbonyl (C=O) groups is 2. The second-order valence-electron chi connectivity index (χ2n) is 5.32. The molecule has 25 heavy (non-hydrogen) atoms. The Bertz CT molecular complexity index is 851. The minimum absolute atomic E-state index is 0.147. The van der Waals surface area contributed by atoms with Crippen LogP contribution in [0.2, 0.25) is 0 Å². The van der Waals surface area contributed by atoms with Crippen molar-refractivity contribution in [2.24, 2.45) is 0 Å². The predicted molar refractivity (Wildman–Crippen MR) is 101 cm³/mol. The van der Waals surface area contributed by atoms with Crippen LogP contribution in [0.4, 0.5) is 0 Å². The molecule has 0 saturated heterocycles. The van der Waals surface area contributed by atoms with Gasteiger partial charge in [-0.15, -0.1) is 22.7 Å². The first-order valence-electron chi connectivity index (χ1n) is 7.76. The summed E-state index contributed by atoms with van der Waals surface area (Å²) < 4.78 is 4.64. The van der Waals surface area contributed by atoms with Gasteiger partial charge in [-0.25, -0.2) is 4.79 Å². The topological polar surface area (TPSA) is 55.4 Å². The zero-order valence-corrected chi connectivity index (χ0v) is 15.3. The van der Waals surface area contributed by atoms with Crippen molar-refractivity contribution in [3.8, 4) is 9.75 Å². The molecule has 0 fully saturated rings. The molecule has 3 rings (SSSR count). The predicted octanol–water partition coefficient (Wildman–Crippen LogP) is 4.24. The fraction of sp³-hybridized carbons (Fsp3) is 0.158. The number of rotatable bonds is 6. The quantitative estimate of drug-likeness (QED) is 0.660. The summed E-state index contributed by atoms with van der Waals surface area (Å²) in [7, 11) is 1.33. The van der Waals surface area contributed by atoms with Crippen molar-refractivity contribution in [3.63, 3.8) is 0 Å². The maximum Gasteiger partial charge on any atom is 0.337 e. The molecule has 1 aromatic carbocycles. The molecule has 0 aliphatic heterocycles. The van der Waals surface area contributed by atoms with Crippen LogP contribution in [0, 0.1) is 0 Å². The van der Waals surface area contributed by atoms with Crippen LogP contribution in [0.25, 0.3) is 9.75 Å². The smallest absolute Gasteiger partial charge is 0.337 e. The highest BCUT2D eigenvalue weighted by molar-refractivity contribution is 7.21. The number of carbonyl (C=O) groups excluding carboxylic acids is 2. The van der Waals surface area contributed by atoms with Gasteiger partial charge in [-0.3, -0.25) is 4.79 Å². The van der Waals surface area contributed by atoms with E-state index < -0.39 is 5.97 Å². The molecule has 0 aliphatic carbocycles. The van der Waals surface area contributed by atoms with Crippen molar-refractivity contribution >= 4 is 34.6 Å². The SMILES string of the molecule is COC(=O)c1ccc(C(=O)NCCc2ccc(-c3cccs3)s2)cc1. The number of hydrogen-bond donors (Lipinski definition) is 1. The average Bonchev–Trinajstić information content (AvgIpc) is 3.32. The van der Waals surface area contributed by atoms with E-state index in [0.29, 0.717) is 17.7 Å². The van der Waals surface area contributed by atoms with E-state index in [1.807, 2.05) is 6.07 Å². The zero-order chi connectivity index (χ0) is 17.6. The zero-order valence-electron chi connectivity index (χ0n) is 13.7. The Morgan fingerprint density at radius 1 is 1.00 bits per heavy atom. The van der Waals surface area contributed by atoms with Gasteiger partial charge in [0.15, 0.2) is 0 Å². The molecule has 0 bridgehead atoms. The van der Waals surface area contributed by atoms with E-state index in [9.17, 15) is 9.59 Å². The van der Waals surface area contributed by atoms with Gasteiger partial charge in [0.05, 0.1) is 12.7 Å². The van der Waals surface area contributed by atoms with Gasteiger partial charge in [-0.1, -0.05) is 6.07 Å². The lowest BCUT2D eigenvalue weighted by molar-refractivity contribution is 0.0600. The van der Waals surface area contributed by atoms with E-state index in [-0.39, 0.29) is 5.91 Å². The molecule has 2 aromatic heterocycles. The van der Waals surface area contributed by atoms with Crippen molar-refractivity contribution in [2.45, 2.75) is 6.42 Å². The van der Waals surface area contributed by atoms with Gasteiger partial charge in [-0.2, -0.15) is 0 Å². The van der Waals surface area contributed by atoms with Gasteiger partial charge in [0.1, 0.15) is 0 Å². The molecule has 4 nitrogen and oxygen atoms in total. The Balaban J connectivity index is 1.52. The molecule has 0 aliphatic rings. The molecule has 1 amide bonds. The molecular formula is C19H17NO3S2. The highest BCUT2D eigenvalue weighted by Gasteiger charge is 2.09. The molecule has 0 atom stereocenters. The van der Waals surface area contributed by atoms with Gasteiger partial charge in [-0.05, 0) is 54.3 Å². The van der Waals surface area contributed by atoms with Crippen LogP contribution in [0.1, 0.15) is 25.6 Å². The fourth-order valence-corrected chi connectivity index (χ4v) is 4.18. The molecule has 3 aromatic rings. The lowest BCUT2D eigenvalue weighted by Crippen LogP contribution is -2.25. The van der Waals surface area contributed by atoms with Crippen molar-refractivity contribution in [2.75, 3.05) is 13.7 Å². The number of benzene rings is 1. The lowest BCUT2D eigenvalue weighted by Gasteiger charge is -2.05. The number of hydrogen-bond acceptors (Lipinski definition) is 5. The Hall–Kier alpha value is -2.44. The first kappa shape index (κ1) is 17.4. The summed E-state index contributed by atoms with van der Waals surface area (Å²) >= 11 is 3.48. The average molecular weight is 371 g/mol. The van der Waals surface area contributed by atoms with Gasteiger partial charge in [0, 0.05) is 26.7 Å². The highest BCUT2D eigenvalue weighted by atomic mass is 32.1. The van der Waals surface area contributed by atoms with E-state index in [1.165, 1.54) is 21.7 Å². The summed E-state index contributed by atoms with van der Waals surface area (Å²) in [5.41, 5.74) is 0.955. The first-order chi connectivity index (χ1) is 12.2. The molecule has 128 valence electrons. The summed E-state index contributed by atoms with van der Waals surface area (Å²) in [6, 6.07) is 14.8. The number of esters is 1. The maximum absolute atomic E-state index is 12.2. The minimum Gasteiger partial charge on any atom is -0.465 e. The lowest BCUT2D eigenvalue weighted by atomic mass is 10.1. The third-order valence-electron chi connectivity index (χ3n) is 3.65. The van der Waals surface area contributed by atoms with E-state index in [4.69, 9.17) is 0 Å². The fourth-order valence-electron chi connectivity index (χ4n) is 2.34. The monoisotopic (exact) mass is 371 g/mol. The van der Waals surface area contributed by atoms with Crippen molar-refractivity contribution in [1.29, 1.82) is 0 Å². The molecule has 0 unspecified atom stereocenters. The van der Waals surface area contributed by atoms with Gasteiger partial charge < -0.3 is 10.1 Å². The van der Waals surface area contributed by atoms with Crippen molar-refractivity contribution < 1.29 is 14.3 Å². The molecule has 0 radical (unpaired) electrons. The summed E-state index contributed by atoms with van der Waals surface area (Å²) in [6.07, 6.45) is 0.794. The molecular weight excluding hydrogens is 354 g/mol. The van der Waals surface area contributed by atoms with Gasteiger partial charge in [0.2, 0.25) is 0 Å². The Morgan fingerprint density at radius 2 is 1.76 bits per heavy atom. The Morgan fingerprint density at radius 3 is 2.44 bits per heavy atom. The number of ether oxygens (including phenoxy) is 1. The third-order valence-corrected chi connectivity index (χ3v) is 5.86. The van der Waals surface area contributed by atoms with Crippen LogP contribution in [-0.2, 0) is 11.2 Å². The molecule has 6 heteroatoms.